The van der Waals surface area contributed by atoms with Gasteiger partial charge in [-0.25, -0.2) is 9.18 Å². The Balaban J connectivity index is 1.67. The number of hydrogen-bond donors (Lipinski definition) is 1. The van der Waals surface area contributed by atoms with Gasteiger partial charge in [0, 0.05) is 23.7 Å². The van der Waals surface area contributed by atoms with Gasteiger partial charge in [0.05, 0.1) is 6.54 Å². The van der Waals surface area contributed by atoms with Crippen LogP contribution in [0.25, 0.3) is 0 Å². The summed E-state index contributed by atoms with van der Waals surface area (Å²) in [6, 6.07) is 12.7. The summed E-state index contributed by atoms with van der Waals surface area (Å²) in [5.41, 5.74) is 1.24. The Morgan fingerprint density at radius 3 is 2.83 bits per heavy atom. The molecule has 150 valence electrons. The highest BCUT2D eigenvalue weighted by Gasteiger charge is 2.25. The molecular formula is C21H21ClFN5O. The molecule has 0 fully saturated rings. The summed E-state index contributed by atoms with van der Waals surface area (Å²) in [5, 5.41) is 12.0. The van der Waals surface area contributed by atoms with E-state index in [0.717, 1.165) is 38.1 Å². The van der Waals surface area contributed by atoms with E-state index >= 15 is 0 Å². The minimum Gasteiger partial charge on any atom is -0.307 e. The molecule has 0 unspecified atom stereocenters. The van der Waals surface area contributed by atoms with Crippen molar-refractivity contribution in [3.05, 3.63) is 70.8 Å². The van der Waals surface area contributed by atoms with E-state index in [1.54, 1.807) is 36.4 Å². The average Bonchev–Trinajstić information content (AvgIpc) is 2.93. The lowest BCUT2D eigenvalue weighted by Gasteiger charge is -2.23. The first-order valence-electron chi connectivity index (χ1n) is 9.61. The molecular weight excluding hydrogens is 393 g/mol. The van der Waals surface area contributed by atoms with E-state index in [1.165, 1.54) is 17.0 Å². The number of nitrogens with zero attached hydrogens (tertiary/aromatic N) is 4. The van der Waals surface area contributed by atoms with Crippen LogP contribution in [-0.2, 0) is 19.5 Å². The molecule has 2 aromatic carbocycles. The van der Waals surface area contributed by atoms with E-state index in [-0.39, 0.29) is 18.4 Å². The fourth-order valence-corrected chi connectivity index (χ4v) is 3.67. The molecule has 0 saturated heterocycles. The lowest BCUT2D eigenvalue weighted by Crippen LogP contribution is -2.36. The fourth-order valence-electron chi connectivity index (χ4n) is 3.48. The number of aromatic nitrogens is 3. The van der Waals surface area contributed by atoms with Crippen LogP contribution >= 0.6 is 11.6 Å². The van der Waals surface area contributed by atoms with Gasteiger partial charge in [0.15, 0.2) is 0 Å². The number of urea groups is 1. The summed E-state index contributed by atoms with van der Waals surface area (Å²) in [6.45, 7) is 0.921. The predicted molar refractivity (Wildman–Crippen MR) is 111 cm³/mol. The molecule has 1 aliphatic rings. The number of halogens is 2. The maximum Gasteiger partial charge on any atom is 0.329 e. The van der Waals surface area contributed by atoms with Gasteiger partial charge in [-0.2, -0.15) is 0 Å². The lowest BCUT2D eigenvalue weighted by molar-refractivity contribution is 0.256. The first-order valence-corrected chi connectivity index (χ1v) is 9.98. The summed E-state index contributed by atoms with van der Waals surface area (Å²) in [5.74, 6) is 0.987. The minimum atomic E-state index is -0.379. The molecule has 3 aromatic rings. The van der Waals surface area contributed by atoms with Crippen LogP contribution in [0.4, 0.5) is 20.8 Å². The Bertz CT molecular complexity index is 1020. The second-order valence-corrected chi connectivity index (χ2v) is 7.47. The standard InChI is InChI=1S/C21H21ClFN5O/c22-16-7-5-9-18(13-16)24-21(29)28(14-15-6-4-8-17(23)12-15)20-26-25-19-10-2-1-3-11-27(19)20/h4-9,12-13H,1-3,10-11,14H2,(H,24,29). The SMILES string of the molecule is O=C(Nc1cccc(Cl)c1)N(Cc1cccc(F)c1)c1nnc2n1CCCCC2. The quantitative estimate of drug-likeness (QED) is 0.652. The van der Waals surface area contributed by atoms with Gasteiger partial charge in [0.1, 0.15) is 11.6 Å². The normalized spacial score (nSPS) is 13.4. The van der Waals surface area contributed by atoms with Crippen molar-refractivity contribution >= 4 is 29.3 Å². The summed E-state index contributed by atoms with van der Waals surface area (Å²) in [6.07, 6.45) is 4.00. The van der Waals surface area contributed by atoms with Crippen LogP contribution in [0.15, 0.2) is 48.5 Å². The van der Waals surface area contributed by atoms with Crippen LogP contribution in [0.2, 0.25) is 5.02 Å². The number of rotatable bonds is 4. The van der Waals surface area contributed by atoms with E-state index in [0.29, 0.717) is 22.2 Å². The Morgan fingerprint density at radius 2 is 2.00 bits per heavy atom. The third-order valence-corrected chi connectivity index (χ3v) is 5.12. The maximum atomic E-state index is 13.7. The highest BCUT2D eigenvalue weighted by Crippen LogP contribution is 2.23. The van der Waals surface area contributed by atoms with Gasteiger partial charge in [0.25, 0.3) is 0 Å². The molecule has 1 aromatic heterocycles. The van der Waals surface area contributed by atoms with E-state index < -0.39 is 0 Å². The Labute approximate surface area is 173 Å². The molecule has 4 rings (SSSR count). The second-order valence-electron chi connectivity index (χ2n) is 7.04. The van der Waals surface area contributed by atoms with Crippen LogP contribution in [0.1, 0.15) is 30.7 Å². The molecule has 0 radical (unpaired) electrons. The van der Waals surface area contributed by atoms with Gasteiger partial charge in [-0.3, -0.25) is 9.47 Å². The van der Waals surface area contributed by atoms with Crippen LogP contribution in [0, 0.1) is 5.82 Å². The number of hydrogen-bond acceptors (Lipinski definition) is 3. The van der Waals surface area contributed by atoms with Gasteiger partial charge in [-0.05, 0) is 48.7 Å². The Hall–Kier alpha value is -2.93. The zero-order chi connectivity index (χ0) is 20.2. The average molecular weight is 414 g/mol. The molecule has 6 nitrogen and oxygen atoms in total. The Morgan fingerprint density at radius 1 is 1.14 bits per heavy atom. The fraction of sp³-hybridized carbons (Fsp3) is 0.286. The number of benzene rings is 2. The number of carbonyl (C=O) groups is 1. The summed E-state index contributed by atoms with van der Waals surface area (Å²) in [7, 11) is 0. The predicted octanol–water partition coefficient (Wildman–Crippen LogP) is 5.04. The monoisotopic (exact) mass is 413 g/mol. The van der Waals surface area contributed by atoms with Gasteiger partial charge in [0.2, 0.25) is 5.95 Å². The van der Waals surface area contributed by atoms with Gasteiger partial charge < -0.3 is 5.32 Å². The van der Waals surface area contributed by atoms with Gasteiger partial charge in [-0.15, -0.1) is 10.2 Å². The number of fused-ring (bicyclic) bond motifs is 1. The first-order chi connectivity index (χ1) is 14.1. The molecule has 0 spiro atoms. The minimum absolute atomic E-state index is 0.169. The summed E-state index contributed by atoms with van der Waals surface area (Å²) in [4.78, 5) is 14.7. The highest BCUT2D eigenvalue weighted by atomic mass is 35.5. The van der Waals surface area contributed by atoms with Crippen molar-refractivity contribution in [1.29, 1.82) is 0 Å². The smallest absolute Gasteiger partial charge is 0.307 e. The molecule has 1 aliphatic heterocycles. The van der Waals surface area contributed by atoms with Crippen LogP contribution in [-0.4, -0.2) is 20.8 Å². The van der Waals surface area contributed by atoms with Crippen molar-refractivity contribution < 1.29 is 9.18 Å². The number of carbonyl (C=O) groups excluding carboxylic acids is 1. The first kappa shape index (κ1) is 19.4. The molecule has 0 aliphatic carbocycles. The van der Waals surface area contributed by atoms with Crippen molar-refractivity contribution in [2.75, 3.05) is 10.2 Å². The van der Waals surface area contributed by atoms with Gasteiger partial charge in [-0.1, -0.05) is 36.2 Å². The molecule has 2 heterocycles. The zero-order valence-electron chi connectivity index (χ0n) is 15.8. The molecule has 29 heavy (non-hydrogen) atoms. The van der Waals surface area contributed by atoms with Crippen molar-refractivity contribution in [3.8, 4) is 0 Å². The zero-order valence-corrected chi connectivity index (χ0v) is 16.6. The van der Waals surface area contributed by atoms with Crippen molar-refractivity contribution in [2.24, 2.45) is 0 Å². The number of nitrogens with one attached hydrogen (secondary N) is 1. The lowest BCUT2D eigenvalue weighted by atomic mass is 10.2. The topological polar surface area (TPSA) is 63.1 Å². The van der Waals surface area contributed by atoms with E-state index in [2.05, 4.69) is 15.5 Å². The van der Waals surface area contributed by atoms with E-state index in [9.17, 15) is 9.18 Å². The molecule has 8 heteroatoms. The molecule has 0 atom stereocenters. The van der Waals surface area contributed by atoms with Crippen molar-refractivity contribution in [3.63, 3.8) is 0 Å². The molecule has 1 N–H and O–H groups in total. The highest BCUT2D eigenvalue weighted by molar-refractivity contribution is 6.30. The molecule has 2 amide bonds. The third-order valence-electron chi connectivity index (χ3n) is 4.88. The van der Waals surface area contributed by atoms with Crippen LogP contribution in [0.5, 0.6) is 0 Å². The largest absolute Gasteiger partial charge is 0.329 e. The van der Waals surface area contributed by atoms with Crippen molar-refractivity contribution in [1.82, 2.24) is 14.8 Å². The second kappa shape index (κ2) is 8.61. The molecule has 0 bridgehead atoms. The van der Waals surface area contributed by atoms with Crippen LogP contribution in [0.3, 0.4) is 0 Å². The maximum absolute atomic E-state index is 13.7. The Kier molecular flexibility index (Phi) is 5.76. The summed E-state index contributed by atoms with van der Waals surface area (Å²) < 4.78 is 15.7. The summed E-state index contributed by atoms with van der Waals surface area (Å²) >= 11 is 6.03. The van der Waals surface area contributed by atoms with E-state index in [4.69, 9.17) is 11.6 Å². The number of amides is 2. The van der Waals surface area contributed by atoms with Gasteiger partial charge >= 0.3 is 6.03 Å². The number of anilines is 2. The van der Waals surface area contributed by atoms with E-state index in [1.807, 2.05) is 4.57 Å². The van der Waals surface area contributed by atoms with Crippen LogP contribution < -0.4 is 10.2 Å². The molecule has 0 saturated carbocycles. The third kappa shape index (κ3) is 4.56. The number of aryl methyl sites for hydroxylation is 1. The van der Waals surface area contributed by atoms with Crippen molar-refractivity contribution in [2.45, 2.75) is 38.8 Å².